The van der Waals surface area contributed by atoms with Gasteiger partial charge in [0.1, 0.15) is 11.7 Å². The monoisotopic (exact) mass is 1240 g/mol. The molecule has 434 valence electrons. The number of non-ortho nitro benzene ring substituents is 2. The molecule has 0 fully saturated rings. The van der Waals surface area contributed by atoms with Crippen LogP contribution in [0.15, 0.2) is 234 Å². The van der Waals surface area contributed by atoms with E-state index in [0.717, 1.165) is 119 Å². The summed E-state index contributed by atoms with van der Waals surface area (Å²) in [6.45, 7) is 2.83. The second-order valence-corrected chi connectivity index (χ2v) is 21.1. The van der Waals surface area contributed by atoms with Gasteiger partial charge in [-0.1, -0.05) is 48.5 Å². The van der Waals surface area contributed by atoms with Crippen molar-refractivity contribution in [3.8, 4) is 22.3 Å². The Balaban J connectivity index is 0.000000151. The van der Waals surface area contributed by atoms with E-state index in [4.69, 9.17) is 11.5 Å². The lowest BCUT2D eigenvalue weighted by Gasteiger charge is -2.26. The van der Waals surface area contributed by atoms with Crippen molar-refractivity contribution < 1.29 is 9.85 Å². The Morgan fingerprint density at radius 2 is 1.03 bits per heavy atom. The average Bonchev–Trinajstić information content (AvgIpc) is 3.54. The molecule has 5 aromatic carbocycles. The van der Waals surface area contributed by atoms with Gasteiger partial charge in [0.25, 0.3) is 11.4 Å². The van der Waals surface area contributed by atoms with Gasteiger partial charge in [-0.05, 0) is 130 Å². The summed E-state index contributed by atoms with van der Waals surface area (Å²) in [7, 11) is 0. The molecule has 17 nitrogen and oxygen atoms in total. The van der Waals surface area contributed by atoms with Crippen LogP contribution in [0.3, 0.4) is 0 Å². The molecule has 0 spiro atoms. The highest BCUT2D eigenvalue weighted by molar-refractivity contribution is 7.12. The number of halogens is 3. The molecule has 1 aliphatic rings. The van der Waals surface area contributed by atoms with E-state index in [0.29, 0.717) is 11.7 Å². The Labute approximate surface area is 519 Å². The van der Waals surface area contributed by atoms with Crippen LogP contribution in [0, 0.1) is 20.2 Å². The minimum atomic E-state index is -0.396. The molecule has 0 amide bonds. The lowest BCUT2D eigenvalue weighted by atomic mass is 9.98. The van der Waals surface area contributed by atoms with Crippen molar-refractivity contribution in [1.29, 1.82) is 0 Å². The predicted molar refractivity (Wildman–Crippen MR) is 358 cm³/mol. The molecule has 0 atom stereocenters. The molecule has 0 radical (unpaired) electrons. The highest BCUT2D eigenvalue weighted by Crippen LogP contribution is 2.35. The van der Waals surface area contributed by atoms with Crippen molar-refractivity contribution >= 4 is 144 Å². The molecular weight excluding hydrogens is 1190 g/mol. The lowest BCUT2D eigenvalue weighted by molar-refractivity contribution is -0.384. The number of nitrogens with one attached hydrogen (secondary N) is 4. The number of hydrogen-bond donors (Lipinski definition) is 6. The number of aromatic nitrogens is 6. The van der Waals surface area contributed by atoms with Gasteiger partial charge in [0, 0.05) is 154 Å². The molecule has 86 heavy (non-hydrogen) atoms. The SMILES string of the molecule is Cl.Cl.Cl.NC(=Nc1ccc2[nH]cc(-c3ccncc3)c2c1)c1cccs1.NC(=Nc1ccc2[nH]cc(-c3ccncc3)c2c1)c1cccs1.O=[N+]([O-])c1ccc2[nH]cc(C3=CCN(Cc4ccccc4)CC3)c2c1.O=[N+]([O-])c1ccc2[nH]ccc2c1. The number of amidine groups is 2. The minimum absolute atomic E-state index is 0. The third-order valence-corrected chi connectivity index (χ3v) is 15.7. The number of fused-ring (bicyclic) bond motifs is 4. The van der Waals surface area contributed by atoms with Crippen LogP contribution in [-0.2, 0) is 6.54 Å². The lowest BCUT2D eigenvalue weighted by Crippen LogP contribution is -2.27. The summed E-state index contributed by atoms with van der Waals surface area (Å²) in [5.74, 6) is 1.08. The third-order valence-electron chi connectivity index (χ3n) is 13.9. The van der Waals surface area contributed by atoms with Gasteiger partial charge in [0.2, 0.25) is 0 Å². The maximum atomic E-state index is 11.0. The molecule has 0 aliphatic carbocycles. The van der Waals surface area contributed by atoms with Crippen LogP contribution in [0.4, 0.5) is 22.7 Å². The Kier molecular flexibility index (Phi) is 21.1. The summed E-state index contributed by atoms with van der Waals surface area (Å²) < 4.78 is 0. The standard InChI is InChI=1S/C20H19N3O2.2C18H14N4S.C8H6N2O2.3ClH/c24-23(25)17-6-7-20-18(12-17)19(13-21-20)16-8-10-22(11-9-16)14-15-4-2-1-3-5-15;2*19-18(17-2-1-9-23-17)22-13-3-4-16-14(10-13)15(11-21-16)12-5-7-20-8-6-12;11-10(12)7-1-2-8-6(5-7)3-4-9-8;;;/h1-8,12-13,21H,9-11,14H2;2*1-11,21H,(H2,19,22);1-5,9H;3*1H. The van der Waals surface area contributed by atoms with Gasteiger partial charge in [0.05, 0.1) is 31.0 Å². The van der Waals surface area contributed by atoms with Crippen molar-refractivity contribution in [2.24, 2.45) is 21.5 Å². The van der Waals surface area contributed by atoms with Crippen LogP contribution in [0.1, 0.15) is 27.3 Å². The van der Waals surface area contributed by atoms with Gasteiger partial charge < -0.3 is 31.4 Å². The van der Waals surface area contributed by atoms with Crippen molar-refractivity contribution in [1.82, 2.24) is 34.8 Å². The number of pyridine rings is 2. The number of nitrogens with two attached hydrogens (primary N) is 2. The molecule has 0 saturated heterocycles. The normalized spacial score (nSPS) is 12.3. The summed E-state index contributed by atoms with van der Waals surface area (Å²) in [4.78, 5) is 55.1. The number of nitro benzene ring substituents is 2. The molecule has 0 bridgehead atoms. The highest BCUT2D eigenvalue weighted by Gasteiger charge is 2.18. The van der Waals surface area contributed by atoms with Crippen LogP contribution in [0.25, 0.3) is 71.4 Å². The first-order chi connectivity index (χ1) is 40.6. The largest absolute Gasteiger partial charge is 0.383 e. The van der Waals surface area contributed by atoms with Crippen LogP contribution in [-0.4, -0.2) is 69.4 Å². The average molecular weight is 1240 g/mol. The zero-order valence-corrected chi connectivity index (χ0v) is 49.7. The number of aromatic amines is 4. The molecule has 0 unspecified atom stereocenters. The number of benzene rings is 5. The van der Waals surface area contributed by atoms with Crippen LogP contribution in [0.5, 0.6) is 0 Å². The maximum absolute atomic E-state index is 11.0. The number of hydrogen-bond acceptors (Lipinski definition) is 11. The van der Waals surface area contributed by atoms with Crippen LogP contribution < -0.4 is 11.5 Å². The topological polar surface area (TPSA) is 255 Å². The zero-order chi connectivity index (χ0) is 57.1. The third kappa shape index (κ3) is 15.0. The van der Waals surface area contributed by atoms with Gasteiger partial charge in [-0.15, -0.1) is 59.9 Å². The van der Waals surface area contributed by atoms with Gasteiger partial charge in [0.15, 0.2) is 0 Å². The number of thiophene rings is 2. The van der Waals surface area contributed by atoms with E-state index >= 15 is 0 Å². The van der Waals surface area contributed by atoms with E-state index in [1.165, 1.54) is 17.2 Å². The van der Waals surface area contributed by atoms with Gasteiger partial charge >= 0.3 is 0 Å². The molecule has 0 saturated carbocycles. The summed E-state index contributed by atoms with van der Waals surface area (Å²) in [5, 5.41) is 29.4. The van der Waals surface area contributed by atoms with E-state index in [2.05, 4.69) is 87.3 Å². The van der Waals surface area contributed by atoms with E-state index < -0.39 is 4.92 Å². The highest BCUT2D eigenvalue weighted by atomic mass is 35.5. The molecule has 1 aliphatic heterocycles. The Bertz CT molecular complexity index is 4290. The number of nitro groups is 2. The fourth-order valence-electron chi connectivity index (χ4n) is 9.72. The summed E-state index contributed by atoms with van der Waals surface area (Å²) >= 11 is 3.17. The van der Waals surface area contributed by atoms with Crippen molar-refractivity contribution in [3.63, 3.8) is 0 Å². The quantitative estimate of drug-likeness (QED) is 0.0311. The van der Waals surface area contributed by atoms with Gasteiger partial charge in [-0.3, -0.25) is 35.1 Å². The smallest absolute Gasteiger partial charge is 0.270 e. The van der Waals surface area contributed by atoms with Crippen LogP contribution in [0.2, 0.25) is 0 Å². The predicted octanol–water partition coefficient (Wildman–Crippen LogP) is 16.4. The molecular formula is C64H56Cl3N13O4S2. The van der Waals surface area contributed by atoms with Gasteiger partial charge in [-0.25, -0.2) is 9.98 Å². The van der Waals surface area contributed by atoms with Gasteiger partial charge in [-0.2, -0.15) is 0 Å². The fraction of sp³-hybridized carbons (Fsp3) is 0.0625. The first-order valence-corrected chi connectivity index (χ1v) is 28.1. The van der Waals surface area contributed by atoms with E-state index in [-0.39, 0.29) is 53.5 Å². The summed E-state index contributed by atoms with van der Waals surface area (Å²) in [5.41, 5.74) is 26.3. The van der Waals surface area contributed by atoms with Crippen LogP contribution >= 0.6 is 59.9 Å². The molecule has 13 aromatic rings. The first-order valence-electron chi connectivity index (χ1n) is 26.3. The summed E-state index contributed by atoms with van der Waals surface area (Å²) in [6.07, 6.45) is 18.1. The first kappa shape index (κ1) is 62.3. The van der Waals surface area contributed by atoms with E-state index in [9.17, 15) is 20.2 Å². The number of rotatable bonds is 11. The molecule has 14 rings (SSSR count). The Hall–Kier alpha value is -9.73. The zero-order valence-electron chi connectivity index (χ0n) is 45.6. The summed E-state index contributed by atoms with van der Waals surface area (Å²) in [6, 6.07) is 50.0. The number of aliphatic imine (C=N–C) groups is 2. The fourth-order valence-corrected chi connectivity index (χ4v) is 11.0. The number of nitrogens with zero attached hydrogens (tertiary/aromatic N) is 7. The number of H-pyrrole nitrogens is 4. The van der Waals surface area contributed by atoms with E-state index in [1.54, 1.807) is 84.0 Å². The maximum Gasteiger partial charge on any atom is 0.270 e. The molecule has 8 N–H and O–H groups in total. The Morgan fingerprint density at radius 1 is 0.547 bits per heavy atom. The van der Waals surface area contributed by atoms with Crippen molar-refractivity contribution in [3.05, 3.63) is 265 Å². The molecule has 9 heterocycles. The second-order valence-electron chi connectivity index (χ2n) is 19.2. The minimum Gasteiger partial charge on any atom is -0.383 e. The Morgan fingerprint density at radius 3 is 1.52 bits per heavy atom. The van der Waals surface area contributed by atoms with E-state index in [1.807, 2.05) is 114 Å². The molecule has 8 aromatic heterocycles. The van der Waals surface area contributed by atoms with Crippen molar-refractivity contribution in [2.45, 2.75) is 13.0 Å². The second kappa shape index (κ2) is 29.2. The molecule has 22 heteroatoms. The van der Waals surface area contributed by atoms with Crippen molar-refractivity contribution in [2.75, 3.05) is 13.1 Å².